The average molecular weight is 248 g/mol. The van der Waals surface area contributed by atoms with Crippen LogP contribution in [0, 0.1) is 5.92 Å². The van der Waals surface area contributed by atoms with Gasteiger partial charge in [0.05, 0.1) is 0 Å². The molecule has 1 aliphatic heterocycles. The number of nitrogens with one attached hydrogen (secondary N) is 1. The number of rotatable bonds is 5. The first-order valence-electron chi connectivity index (χ1n) is 6.07. The molecular weight excluding hydrogens is 226 g/mol. The second-order valence-electron chi connectivity index (χ2n) is 4.73. The van der Waals surface area contributed by atoms with Gasteiger partial charge in [-0.2, -0.15) is 0 Å². The Kier molecular flexibility index (Phi) is 5.56. The summed E-state index contributed by atoms with van der Waals surface area (Å²) in [5.41, 5.74) is -0.156. The third-order valence-electron chi connectivity index (χ3n) is 3.44. The standard InChI is InChI=1S/C12H22ClNO2/c1-3-12(2,6-7-13)14-11(15)10-4-8-16-9-5-10/h10H,3-9H2,1-2H3,(H,14,15). The van der Waals surface area contributed by atoms with Crippen LogP contribution in [0.1, 0.15) is 39.5 Å². The van der Waals surface area contributed by atoms with E-state index in [1.54, 1.807) is 0 Å². The average Bonchev–Trinajstić information content (AvgIpc) is 2.30. The van der Waals surface area contributed by atoms with Crippen molar-refractivity contribution >= 4 is 17.5 Å². The zero-order chi connectivity index (χ0) is 12.0. The maximum atomic E-state index is 12.0. The topological polar surface area (TPSA) is 38.3 Å². The van der Waals surface area contributed by atoms with Crippen LogP contribution >= 0.6 is 11.6 Å². The van der Waals surface area contributed by atoms with Crippen molar-refractivity contribution in [3.63, 3.8) is 0 Å². The molecular formula is C12H22ClNO2. The Hall–Kier alpha value is -0.280. The maximum absolute atomic E-state index is 12.0. The molecule has 0 radical (unpaired) electrons. The third kappa shape index (κ3) is 3.95. The number of carbonyl (C=O) groups excluding carboxylic acids is 1. The maximum Gasteiger partial charge on any atom is 0.223 e. The van der Waals surface area contributed by atoms with Gasteiger partial charge in [-0.3, -0.25) is 4.79 Å². The summed E-state index contributed by atoms with van der Waals surface area (Å²) in [7, 11) is 0. The van der Waals surface area contributed by atoms with Crippen molar-refractivity contribution in [2.45, 2.75) is 45.1 Å². The molecule has 1 amide bonds. The fraction of sp³-hybridized carbons (Fsp3) is 0.917. The smallest absolute Gasteiger partial charge is 0.223 e. The summed E-state index contributed by atoms with van der Waals surface area (Å²) in [6.07, 6.45) is 3.41. The van der Waals surface area contributed by atoms with E-state index < -0.39 is 0 Å². The van der Waals surface area contributed by atoms with E-state index >= 15 is 0 Å². The van der Waals surface area contributed by atoms with Crippen LogP contribution in [-0.4, -0.2) is 30.5 Å². The number of alkyl halides is 1. The van der Waals surface area contributed by atoms with Crippen LogP contribution in [0.25, 0.3) is 0 Å². The van der Waals surface area contributed by atoms with E-state index in [0.29, 0.717) is 19.1 Å². The minimum absolute atomic E-state index is 0.120. The fourth-order valence-electron chi connectivity index (χ4n) is 1.90. The number of hydrogen-bond acceptors (Lipinski definition) is 2. The lowest BCUT2D eigenvalue weighted by molar-refractivity contribution is -0.129. The summed E-state index contributed by atoms with van der Waals surface area (Å²) in [5.74, 6) is 0.867. The first-order valence-corrected chi connectivity index (χ1v) is 6.60. The van der Waals surface area contributed by atoms with Gasteiger partial charge in [-0.05, 0) is 32.6 Å². The molecule has 0 spiro atoms. The van der Waals surface area contributed by atoms with E-state index in [9.17, 15) is 4.79 Å². The second kappa shape index (κ2) is 6.45. The van der Waals surface area contributed by atoms with Crippen LogP contribution in [-0.2, 0) is 9.53 Å². The predicted molar refractivity (Wildman–Crippen MR) is 65.7 cm³/mol. The van der Waals surface area contributed by atoms with Gasteiger partial charge in [0, 0.05) is 30.6 Å². The molecule has 1 fully saturated rings. The Morgan fingerprint density at radius 2 is 2.12 bits per heavy atom. The van der Waals surface area contributed by atoms with Crippen molar-refractivity contribution in [2.75, 3.05) is 19.1 Å². The van der Waals surface area contributed by atoms with Crippen LogP contribution < -0.4 is 5.32 Å². The lowest BCUT2D eigenvalue weighted by atomic mass is 9.92. The Morgan fingerprint density at radius 1 is 1.50 bits per heavy atom. The Labute approximate surface area is 103 Å². The highest BCUT2D eigenvalue weighted by Gasteiger charge is 2.28. The molecule has 3 nitrogen and oxygen atoms in total. The quantitative estimate of drug-likeness (QED) is 0.758. The molecule has 1 N–H and O–H groups in total. The Bertz CT molecular complexity index is 229. The highest BCUT2D eigenvalue weighted by Crippen LogP contribution is 2.20. The first kappa shape index (κ1) is 13.8. The number of carbonyl (C=O) groups is 1. The van der Waals surface area contributed by atoms with E-state index in [0.717, 1.165) is 25.7 Å². The fourth-order valence-corrected chi connectivity index (χ4v) is 2.31. The van der Waals surface area contributed by atoms with E-state index in [1.807, 2.05) is 0 Å². The van der Waals surface area contributed by atoms with E-state index in [4.69, 9.17) is 16.3 Å². The predicted octanol–water partition coefficient (Wildman–Crippen LogP) is 2.33. The molecule has 0 aromatic carbocycles. The van der Waals surface area contributed by atoms with E-state index in [1.165, 1.54) is 0 Å². The largest absolute Gasteiger partial charge is 0.381 e. The minimum Gasteiger partial charge on any atom is -0.381 e. The number of amides is 1. The zero-order valence-corrected chi connectivity index (χ0v) is 11.0. The number of halogens is 1. The summed E-state index contributed by atoms with van der Waals surface area (Å²) in [5, 5.41) is 3.13. The SMILES string of the molecule is CCC(C)(CCCl)NC(=O)C1CCOCC1. The van der Waals surface area contributed by atoms with Gasteiger partial charge >= 0.3 is 0 Å². The summed E-state index contributed by atoms with van der Waals surface area (Å²) in [4.78, 5) is 12.0. The summed E-state index contributed by atoms with van der Waals surface area (Å²) >= 11 is 5.76. The second-order valence-corrected chi connectivity index (χ2v) is 5.11. The first-order chi connectivity index (χ1) is 7.61. The molecule has 1 rings (SSSR count). The van der Waals surface area contributed by atoms with Crippen LogP contribution in [0.2, 0.25) is 0 Å². The van der Waals surface area contributed by atoms with E-state index in [2.05, 4.69) is 19.2 Å². The van der Waals surface area contributed by atoms with Gasteiger partial charge in [-0.15, -0.1) is 11.6 Å². The third-order valence-corrected chi connectivity index (χ3v) is 3.63. The Morgan fingerprint density at radius 3 is 2.62 bits per heavy atom. The van der Waals surface area contributed by atoms with Crippen molar-refractivity contribution in [2.24, 2.45) is 5.92 Å². The monoisotopic (exact) mass is 247 g/mol. The van der Waals surface area contributed by atoms with Gasteiger partial charge in [0.2, 0.25) is 5.91 Å². The van der Waals surface area contributed by atoms with Gasteiger partial charge in [-0.1, -0.05) is 6.92 Å². The molecule has 0 saturated carbocycles. The molecule has 0 aromatic rings. The number of hydrogen-bond donors (Lipinski definition) is 1. The summed E-state index contributed by atoms with van der Waals surface area (Å²) in [6.45, 7) is 5.55. The van der Waals surface area contributed by atoms with Gasteiger partial charge in [0.1, 0.15) is 0 Å². The molecule has 1 atom stereocenters. The van der Waals surface area contributed by atoms with Gasteiger partial charge in [0.15, 0.2) is 0 Å². The molecule has 4 heteroatoms. The van der Waals surface area contributed by atoms with Crippen molar-refractivity contribution in [3.8, 4) is 0 Å². The molecule has 1 heterocycles. The van der Waals surface area contributed by atoms with E-state index in [-0.39, 0.29) is 17.4 Å². The molecule has 0 bridgehead atoms. The van der Waals surface area contributed by atoms with Crippen molar-refractivity contribution < 1.29 is 9.53 Å². The molecule has 0 aliphatic carbocycles. The highest BCUT2D eigenvalue weighted by atomic mass is 35.5. The van der Waals surface area contributed by atoms with Crippen molar-refractivity contribution in [3.05, 3.63) is 0 Å². The molecule has 0 aromatic heterocycles. The van der Waals surface area contributed by atoms with Crippen LogP contribution in [0.15, 0.2) is 0 Å². The van der Waals surface area contributed by atoms with Crippen molar-refractivity contribution in [1.82, 2.24) is 5.32 Å². The molecule has 1 unspecified atom stereocenters. The number of ether oxygens (including phenoxy) is 1. The minimum atomic E-state index is -0.156. The molecule has 94 valence electrons. The lowest BCUT2D eigenvalue weighted by Crippen LogP contribution is -2.49. The molecule has 1 aliphatic rings. The van der Waals surface area contributed by atoms with Gasteiger partial charge in [-0.25, -0.2) is 0 Å². The Balaban J connectivity index is 2.47. The normalized spacial score (nSPS) is 21.4. The summed E-state index contributed by atoms with van der Waals surface area (Å²) in [6, 6.07) is 0. The van der Waals surface area contributed by atoms with Crippen LogP contribution in [0.5, 0.6) is 0 Å². The zero-order valence-electron chi connectivity index (χ0n) is 10.2. The molecule has 1 saturated heterocycles. The van der Waals surface area contributed by atoms with Crippen molar-refractivity contribution in [1.29, 1.82) is 0 Å². The van der Waals surface area contributed by atoms with Gasteiger partial charge in [0.25, 0.3) is 0 Å². The lowest BCUT2D eigenvalue weighted by Gasteiger charge is -2.32. The highest BCUT2D eigenvalue weighted by molar-refractivity contribution is 6.17. The van der Waals surface area contributed by atoms with Gasteiger partial charge < -0.3 is 10.1 Å². The molecule has 16 heavy (non-hydrogen) atoms. The van der Waals surface area contributed by atoms with Crippen LogP contribution in [0.3, 0.4) is 0 Å². The van der Waals surface area contributed by atoms with Crippen LogP contribution in [0.4, 0.5) is 0 Å². The summed E-state index contributed by atoms with van der Waals surface area (Å²) < 4.78 is 5.25.